The number of sulfonamides is 1. The lowest BCUT2D eigenvalue weighted by atomic mass is 9.98. The second-order valence-electron chi connectivity index (χ2n) is 5.80. The maximum absolute atomic E-state index is 12.6. The van der Waals surface area contributed by atoms with Gasteiger partial charge in [0.2, 0.25) is 10.0 Å². The van der Waals surface area contributed by atoms with Gasteiger partial charge in [0.25, 0.3) is 0 Å². The predicted molar refractivity (Wildman–Crippen MR) is 90.4 cm³/mol. The van der Waals surface area contributed by atoms with Gasteiger partial charge in [-0.1, -0.05) is 35.9 Å². The van der Waals surface area contributed by atoms with Crippen LogP contribution in [0.25, 0.3) is 0 Å². The van der Waals surface area contributed by atoms with Crippen LogP contribution in [-0.2, 0) is 27.7 Å². The molecule has 0 fully saturated rings. The fourth-order valence-electron chi connectivity index (χ4n) is 2.89. The molecule has 0 heterocycles. The highest BCUT2D eigenvalue weighted by Crippen LogP contribution is 2.32. The summed E-state index contributed by atoms with van der Waals surface area (Å²) in [5.41, 5.74) is 5.78. The molecule has 0 bridgehead atoms. The summed E-state index contributed by atoms with van der Waals surface area (Å²) in [7, 11) is -4.07. The Morgan fingerprint density at radius 1 is 1.17 bits per heavy atom. The second kappa shape index (κ2) is 5.77. The second-order valence-corrected chi connectivity index (χ2v) is 7.89. The van der Waals surface area contributed by atoms with Gasteiger partial charge in [-0.15, -0.1) is 0 Å². The summed E-state index contributed by atoms with van der Waals surface area (Å²) in [5.74, 6) is -1.22. The van der Waals surface area contributed by atoms with Crippen LogP contribution in [0.4, 0.5) is 5.69 Å². The van der Waals surface area contributed by atoms with Crippen molar-refractivity contribution in [2.45, 2.75) is 23.3 Å². The highest BCUT2D eigenvalue weighted by molar-refractivity contribution is 7.89. The Labute approximate surface area is 144 Å². The molecule has 2 aromatic carbocycles. The lowest BCUT2D eigenvalue weighted by Gasteiger charge is -2.25. The third-order valence-corrected chi connectivity index (χ3v) is 6.00. The van der Waals surface area contributed by atoms with Gasteiger partial charge in [0.1, 0.15) is 5.54 Å². The third-order valence-electron chi connectivity index (χ3n) is 4.12. The van der Waals surface area contributed by atoms with E-state index in [9.17, 15) is 18.3 Å². The fraction of sp³-hybridized carbons (Fsp3) is 0.188. The number of nitrogen functional groups attached to an aromatic ring is 1. The predicted octanol–water partition coefficient (Wildman–Crippen LogP) is 1.82. The van der Waals surface area contributed by atoms with Gasteiger partial charge in [-0.2, -0.15) is 4.72 Å². The van der Waals surface area contributed by atoms with Crippen LogP contribution in [0, 0.1) is 0 Å². The standard InChI is InChI=1S/C16H15ClN2O4S/c17-13-6-5-12(7-14(13)18)24(22,23)19-16(15(20)21)8-10-3-1-2-4-11(10)9-16/h1-7,19H,8-9,18H2,(H,20,21). The van der Waals surface area contributed by atoms with Gasteiger partial charge in [-0.3, -0.25) is 4.79 Å². The van der Waals surface area contributed by atoms with E-state index in [-0.39, 0.29) is 28.4 Å². The van der Waals surface area contributed by atoms with Crippen LogP contribution in [0.15, 0.2) is 47.4 Å². The Morgan fingerprint density at radius 2 is 1.75 bits per heavy atom. The molecule has 0 aromatic heterocycles. The van der Waals surface area contributed by atoms with E-state index in [1.54, 1.807) is 24.3 Å². The van der Waals surface area contributed by atoms with Crippen LogP contribution in [0.1, 0.15) is 11.1 Å². The Balaban J connectivity index is 1.98. The number of benzene rings is 2. The number of hydrogen-bond acceptors (Lipinski definition) is 4. The zero-order valence-corrected chi connectivity index (χ0v) is 14.1. The number of nitrogens with one attached hydrogen (secondary N) is 1. The van der Waals surface area contributed by atoms with Gasteiger partial charge in [0, 0.05) is 12.8 Å². The summed E-state index contributed by atoms with van der Waals surface area (Å²) in [6.07, 6.45) is 0.168. The molecular formula is C16H15ClN2O4S. The third kappa shape index (κ3) is 2.86. The van der Waals surface area contributed by atoms with Crippen molar-refractivity contribution in [1.82, 2.24) is 4.72 Å². The number of rotatable bonds is 4. The number of carbonyl (C=O) groups is 1. The molecule has 0 atom stereocenters. The number of carboxylic acids is 1. The molecule has 0 radical (unpaired) electrons. The topological polar surface area (TPSA) is 109 Å². The molecule has 0 spiro atoms. The number of aliphatic carboxylic acids is 1. The van der Waals surface area contributed by atoms with E-state index in [0.717, 1.165) is 11.1 Å². The smallest absolute Gasteiger partial charge is 0.325 e. The Bertz CT molecular complexity index is 902. The molecule has 0 unspecified atom stereocenters. The molecule has 1 aliphatic rings. The Morgan fingerprint density at radius 3 is 2.25 bits per heavy atom. The molecule has 4 N–H and O–H groups in total. The van der Waals surface area contributed by atoms with Gasteiger partial charge < -0.3 is 10.8 Å². The van der Waals surface area contributed by atoms with Gasteiger partial charge in [0.05, 0.1) is 15.6 Å². The average molecular weight is 367 g/mol. The SMILES string of the molecule is Nc1cc(S(=O)(=O)NC2(C(=O)O)Cc3ccccc3C2)ccc1Cl. The molecule has 8 heteroatoms. The summed E-state index contributed by atoms with van der Waals surface area (Å²) in [6.45, 7) is 0. The van der Waals surface area contributed by atoms with Crippen LogP contribution >= 0.6 is 11.6 Å². The molecule has 2 aromatic rings. The molecule has 0 saturated heterocycles. The van der Waals surface area contributed by atoms with Crippen molar-refractivity contribution in [3.05, 3.63) is 58.6 Å². The average Bonchev–Trinajstić information content (AvgIpc) is 2.88. The van der Waals surface area contributed by atoms with Gasteiger partial charge in [-0.05, 0) is 29.3 Å². The molecule has 3 rings (SSSR count). The van der Waals surface area contributed by atoms with Gasteiger partial charge >= 0.3 is 5.97 Å². The van der Waals surface area contributed by atoms with Crippen molar-refractivity contribution in [1.29, 1.82) is 0 Å². The summed E-state index contributed by atoms with van der Waals surface area (Å²) < 4.78 is 27.6. The number of nitrogens with two attached hydrogens (primary N) is 1. The largest absolute Gasteiger partial charge is 0.480 e. The van der Waals surface area contributed by atoms with E-state index in [1.165, 1.54) is 18.2 Å². The maximum Gasteiger partial charge on any atom is 0.325 e. The summed E-state index contributed by atoms with van der Waals surface area (Å²) >= 11 is 5.81. The van der Waals surface area contributed by atoms with Crippen LogP contribution in [-0.4, -0.2) is 25.0 Å². The minimum atomic E-state index is -4.07. The normalized spacial score (nSPS) is 15.9. The monoisotopic (exact) mass is 366 g/mol. The highest BCUT2D eigenvalue weighted by Gasteiger charge is 2.47. The van der Waals surface area contributed by atoms with Crippen molar-refractivity contribution < 1.29 is 18.3 Å². The lowest BCUT2D eigenvalue weighted by molar-refractivity contribution is -0.143. The number of fused-ring (bicyclic) bond motifs is 1. The van der Waals surface area contributed by atoms with E-state index < -0.39 is 21.5 Å². The quantitative estimate of drug-likeness (QED) is 0.715. The van der Waals surface area contributed by atoms with Crippen LogP contribution in [0.3, 0.4) is 0 Å². The van der Waals surface area contributed by atoms with Crippen LogP contribution < -0.4 is 10.5 Å². The zero-order chi connectivity index (χ0) is 17.5. The number of halogens is 1. The summed E-state index contributed by atoms with van der Waals surface area (Å²) in [6, 6.07) is 11.1. The van der Waals surface area contributed by atoms with Gasteiger partial charge in [0.15, 0.2) is 0 Å². The Kier molecular flexibility index (Phi) is 4.03. The molecule has 1 aliphatic carbocycles. The van der Waals surface area contributed by atoms with Crippen molar-refractivity contribution in [3.63, 3.8) is 0 Å². The van der Waals surface area contributed by atoms with Crippen LogP contribution in [0.5, 0.6) is 0 Å². The van der Waals surface area contributed by atoms with E-state index in [0.29, 0.717) is 0 Å². The molecule has 0 saturated carbocycles. The molecule has 24 heavy (non-hydrogen) atoms. The first-order valence-electron chi connectivity index (χ1n) is 7.13. The van der Waals surface area contributed by atoms with Gasteiger partial charge in [-0.25, -0.2) is 8.42 Å². The maximum atomic E-state index is 12.6. The zero-order valence-electron chi connectivity index (χ0n) is 12.5. The molecule has 126 valence electrons. The van der Waals surface area contributed by atoms with Crippen molar-refractivity contribution in [2.75, 3.05) is 5.73 Å². The van der Waals surface area contributed by atoms with E-state index >= 15 is 0 Å². The number of carboxylic acid groups (broad SMARTS) is 1. The first-order valence-corrected chi connectivity index (χ1v) is 8.99. The molecule has 0 aliphatic heterocycles. The minimum absolute atomic E-state index is 0.0841. The van der Waals surface area contributed by atoms with E-state index in [4.69, 9.17) is 17.3 Å². The van der Waals surface area contributed by atoms with Crippen LogP contribution in [0.2, 0.25) is 5.02 Å². The van der Waals surface area contributed by atoms with Crippen molar-refractivity contribution in [3.8, 4) is 0 Å². The van der Waals surface area contributed by atoms with E-state index in [1.807, 2.05) is 0 Å². The molecule has 0 amide bonds. The summed E-state index contributed by atoms with van der Waals surface area (Å²) in [5, 5.41) is 9.90. The first kappa shape index (κ1) is 16.8. The molecular weight excluding hydrogens is 352 g/mol. The fourth-order valence-corrected chi connectivity index (χ4v) is 4.40. The number of anilines is 1. The Hall–Kier alpha value is -2.09. The lowest BCUT2D eigenvalue weighted by Crippen LogP contribution is -2.55. The van der Waals surface area contributed by atoms with Crippen molar-refractivity contribution in [2.24, 2.45) is 0 Å². The summed E-state index contributed by atoms with van der Waals surface area (Å²) in [4.78, 5) is 11.7. The number of hydrogen-bond donors (Lipinski definition) is 3. The minimum Gasteiger partial charge on any atom is -0.480 e. The van der Waals surface area contributed by atoms with E-state index in [2.05, 4.69) is 4.72 Å². The van der Waals surface area contributed by atoms with Crippen molar-refractivity contribution >= 4 is 33.3 Å². The first-order chi connectivity index (χ1) is 11.2. The highest BCUT2D eigenvalue weighted by atomic mass is 35.5. The molecule has 6 nitrogen and oxygen atoms in total.